The van der Waals surface area contributed by atoms with Gasteiger partial charge in [-0.2, -0.15) is 0 Å². The number of rotatable bonds is 7. The molecule has 1 unspecified atom stereocenters. The van der Waals surface area contributed by atoms with E-state index in [2.05, 4.69) is 22.5 Å². The van der Waals surface area contributed by atoms with E-state index >= 15 is 0 Å². The first-order chi connectivity index (χ1) is 6.46. The van der Waals surface area contributed by atoms with Gasteiger partial charge in [0.05, 0.1) is 12.1 Å². The van der Waals surface area contributed by atoms with Crippen molar-refractivity contribution in [2.75, 3.05) is 19.4 Å². The third-order valence-electron chi connectivity index (χ3n) is 1.22. The number of thiocarbonyl (C=S) groups is 1. The lowest BCUT2D eigenvalue weighted by Gasteiger charge is -2.24. The molecule has 0 radical (unpaired) electrons. The van der Waals surface area contributed by atoms with Crippen LogP contribution < -0.4 is 0 Å². The smallest absolute Gasteiger partial charge is 0.306 e. The highest BCUT2D eigenvalue weighted by atomic mass is 79.9. The molecule has 7 heteroatoms. The molecule has 0 rings (SSSR count). The van der Waals surface area contributed by atoms with Crippen LogP contribution in [0, 0.1) is 0 Å². The van der Waals surface area contributed by atoms with E-state index in [0.717, 1.165) is 4.48 Å². The van der Waals surface area contributed by atoms with Crippen LogP contribution in [0.15, 0.2) is 11.1 Å². The first kappa shape index (κ1) is 14.6. The van der Waals surface area contributed by atoms with Crippen molar-refractivity contribution in [1.29, 1.82) is 0 Å². The van der Waals surface area contributed by atoms with E-state index in [0.29, 0.717) is 12.4 Å². The second-order valence-corrected chi connectivity index (χ2v) is 8.22. The van der Waals surface area contributed by atoms with Crippen LogP contribution in [0.25, 0.3) is 0 Å². The molecule has 0 saturated carbocycles. The van der Waals surface area contributed by atoms with Crippen LogP contribution in [0.5, 0.6) is 0 Å². The molecule has 1 atom stereocenters. The van der Waals surface area contributed by atoms with E-state index < -0.39 is 6.72 Å². The maximum atomic E-state index is 12.2. The third kappa shape index (κ3) is 4.94. The number of halogens is 1. The fourth-order valence-electron chi connectivity index (χ4n) is 0.592. The first-order valence-corrected chi connectivity index (χ1v) is 8.30. The quantitative estimate of drug-likeness (QED) is 0.528. The Kier molecular flexibility index (Phi) is 7.34. The Morgan fingerprint density at radius 3 is 2.79 bits per heavy atom. The minimum atomic E-state index is -2.86. The van der Waals surface area contributed by atoms with Gasteiger partial charge in [0.2, 0.25) is 0 Å². The fourth-order valence-corrected chi connectivity index (χ4v) is 5.39. The summed E-state index contributed by atoms with van der Waals surface area (Å²) in [4.78, 5) is 0. The van der Waals surface area contributed by atoms with Gasteiger partial charge in [-0.15, -0.1) is 0 Å². The summed E-state index contributed by atoms with van der Waals surface area (Å²) >= 11 is 9.12. The predicted octanol–water partition coefficient (Wildman–Crippen LogP) is 3.66. The maximum Gasteiger partial charge on any atom is 0.353 e. The minimum Gasteiger partial charge on any atom is -0.306 e. The van der Waals surface area contributed by atoms with Crippen molar-refractivity contribution in [3.8, 4) is 0 Å². The Hall–Kier alpha value is 0.650. The van der Waals surface area contributed by atoms with Crippen molar-refractivity contribution in [2.24, 2.45) is 0 Å². The number of hydrogen-bond donors (Lipinski definition) is 0. The lowest BCUT2D eigenvalue weighted by molar-refractivity contribution is 0.325. The summed E-state index contributed by atoms with van der Waals surface area (Å²) in [6.07, 6.45) is 0. The third-order valence-corrected chi connectivity index (χ3v) is 7.07. The van der Waals surface area contributed by atoms with Crippen LogP contribution in [0.1, 0.15) is 6.92 Å². The Balaban J connectivity index is 4.46. The summed E-state index contributed by atoms with van der Waals surface area (Å²) < 4.78 is 19.6. The van der Waals surface area contributed by atoms with E-state index in [1.165, 1.54) is 21.5 Å². The molecule has 0 heterocycles. The summed E-state index contributed by atoms with van der Waals surface area (Å²) in [6, 6.07) is 0. The lowest BCUT2D eigenvalue weighted by atomic mass is 10.8. The van der Waals surface area contributed by atoms with Crippen LogP contribution in [-0.4, -0.2) is 29.6 Å². The molecule has 0 bridgehead atoms. The molecule has 0 N–H and O–H groups in total. The van der Waals surface area contributed by atoms with Crippen molar-refractivity contribution in [3.05, 3.63) is 11.1 Å². The maximum absolute atomic E-state index is 12.2. The Labute approximate surface area is 103 Å². The van der Waals surface area contributed by atoms with E-state index in [9.17, 15) is 4.57 Å². The van der Waals surface area contributed by atoms with Gasteiger partial charge in [-0.1, -0.05) is 34.7 Å². The van der Waals surface area contributed by atoms with Crippen LogP contribution in [0.4, 0.5) is 0 Å². The average molecular weight is 318 g/mol. The highest BCUT2D eigenvalue weighted by Crippen LogP contribution is 2.61. The molecular weight excluding hydrogens is 305 g/mol. The molecule has 0 aromatic heterocycles. The van der Waals surface area contributed by atoms with Crippen molar-refractivity contribution in [3.63, 3.8) is 0 Å². The van der Waals surface area contributed by atoms with Crippen LogP contribution in [0.2, 0.25) is 0 Å². The van der Waals surface area contributed by atoms with Gasteiger partial charge in [-0.3, -0.25) is 9.24 Å². The second-order valence-electron chi connectivity index (χ2n) is 2.36. The molecule has 14 heavy (non-hydrogen) atoms. The predicted molar refractivity (Wildman–Crippen MR) is 71.2 cm³/mol. The number of hydrogen-bond acceptors (Lipinski definition) is 4. The van der Waals surface area contributed by atoms with Crippen LogP contribution in [0.3, 0.4) is 0 Å². The van der Waals surface area contributed by atoms with Crippen LogP contribution >= 0.6 is 46.3 Å². The fraction of sp³-hybridized carbons (Fsp3) is 0.571. The van der Waals surface area contributed by atoms with E-state index in [1.807, 2.05) is 0 Å². The normalized spacial score (nSPS) is 14.5. The summed E-state index contributed by atoms with van der Waals surface area (Å²) in [5, 5.41) is 0. The van der Waals surface area contributed by atoms with Crippen molar-refractivity contribution >= 4 is 51.7 Å². The molecule has 0 saturated heterocycles. The Morgan fingerprint density at radius 2 is 2.43 bits per heavy atom. The van der Waals surface area contributed by atoms with Gasteiger partial charge < -0.3 is 4.52 Å². The largest absolute Gasteiger partial charge is 0.353 e. The van der Waals surface area contributed by atoms with Crippen LogP contribution in [-0.2, 0) is 9.09 Å². The molecule has 0 aliphatic heterocycles. The van der Waals surface area contributed by atoms with Gasteiger partial charge in [-0.05, 0) is 22.8 Å². The zero-order chi connectivity index (χ0) is 11.2. The minimum absolute atomic E-state index is 0.395. The number of nitrogens with zero attached hydrogens (tertiary/aromatic N) is 1. The molecule has 3 nitrogen and oxygen atoms in total. The van der Waals surface area contributed by atoms with Gasteiger partial charge in [-0.25, -0.2) is 0 Å². The van der Waals surface area contributed by atoms with Crippen molar-refractivity contribution in [1.82, 2.24) is 4.67 Å². The average Bonchev–Trinajstić information content (AvgIpc) is 2.14. The lowest BCUT2D eigenvalue weighted by Crippen LogP contribution is -2.11. The molecule has 0 amide bonds. The molecule has 0 fully saturated rings. The zero-order valence-corrected chi connectivity index (χ0v) is 12.2. The molecular formula is C7H13BrNO2PS2. The molecule has 0 aromatic carbocycles. The topological polar surface area (TPSA) is 29.5 Å². The summed E-state index contributed by atoms with van der Waals surface area (Å²) in [5.74, 6) is 0.533. The van der Waals surface area contributed by atoms with Gasteiger partial charge in [0, 0.05) is 12.8 Å². The first-order valence-electron chi connectivity index (χ1n) is 3.87. The Bertz CT molecular complexity index is 262. The summed E-state index contributed by atoms with van der Waals surface area (Å²) in [7, 11) is 1.65. The van der Waals surface area contributed by atoms with Gasteiger partial charge in [0.15, 0.2) is 0 Å². The molecule has 82 valence electrons. The SMILES string of the molecule is C=C(Br)CSP(=O)(OCC)N(C)C=S. The van der Waals surface area contributed by atoms with E-state index in [4.69, 9.17) is 16.7 Å². The highest BCUT2D eigenvalue weighted by molar-refractivity contribution is 9.12. The monoisotopic (exact) mass is 317 g/mol. The van der Waals surface area contributed by atoms with E-state index in [-0.39, 0.29) is 0 Å². The molecule has 0 spiro atoms. The molecule has 0 aliphatic rings. The summed E-state index contributed by atoms with van der Waals surface area (Å²) in [6.45, 7) is 3.00. The van der Waals surface area contributed by atoms with Crippen molar-refractivity contribution in [2.45, 2.75) is 6.92 Å². The molecule has 0 aromatic rings. The van der Waals surface area contributed by atoms with Gasteiger partial charge in [0.25, 0.3) is 0 Å². The second kappa shape index (κ2) is 7.01. The van der Waals surface area contributed by atoms with Gasteiger partial charge in [0.1, 0.15) is 0 Å². The molecule has 0 aliphatic carbocycles. The zero-order valence-electron chi connectivity index (χ0n) is 8.10. The Morgan fingerprint density at radius 1 is 1.86 bits per heavy atom. The van der Waals surface area contributed by atoms with Gasteiger partial charge >= 0.3 is 6.72 Å². The highest BCUT2D eigenvalue weighted by Gasteiger charge is 2.27. The van der Waals surface area contributed by atoms with E-state index in [1.54, 1.807) is 14.0 Å². The van der Waals surface area contributed by atoms with Crippen molar-refractivity contribution < 1.29 is 9.09 Å². The standard InChI is InChI=1S/C7H13BrNO2PS2/c1-4-11-12(10,9(3)6-13)14-5-7(2)8/h6H,2,4-5H2,1,3H3. The summed E-state index contributed by atoms with van der Waals surface area (Å²) in [5.41, 5.74) is 1.33.